The fourth-order valence-corrected chi connectivity index (χ4v) is 4.03. The average Bonchev–Trinajstić information content (AvgIpc) is 3.42. The zero-order valence-corrected chi connectivity index (χ0v) is 19.4. The second-order valence-corrected chi connectivity index (χ2v) is 11.0. The fraction of sp³-hybridized carbons (Fsp3) is 0.600. The number of benzene rings is 1. The number of anilines is 1. The summed E-state index contributed by atoms with van der Waals surface area (Å²) in [5.74, 6) is 0.639. The Morgan fingerprint density at radius 3 is 1.97 bits per heavy atom. The van der Waals surface area contributed by atoms with Crippen LogP contribution in [-0.2, 0) is 10.8 Å². The summed E-state index contributed by atoms with van der Waals surface area (Å²) in [6.07, 6.45) is 2.39. The van der Waals surface area contributed by atoms with Crippen LogP contribution < -0.4 is 4.90 Å². The van der Waals surface area contributed by atoms with Gasteiger partial charge in [-0.15, -0.1) is 0 Å². The number of amides is 1. The van der Waals surface area contributed by atoms with Gasteiger partial charge in [0, 0.05) is 37.8 Å². The lowest BCUT2D eigenvalue weighted by Crippen LogP contribution is -2.49. The predicted molar refractivity (Wildman–Crippen MR) is 123 cm³/mol. The predicted octanol–water partition coefficient (Wildman–Crippen LogP) is 4.84. The summed E-state index contributed by atoms with van der Waals surface area (Å²) in [6, 6.07) is 8.99. The van der Waals surface area contributed by atoms with E-state index >= 15 is 0 Å². The molecule has 5 nitrogen and oxygen atoms in total. The average molecular weight is 409 g/mol. The molecule has 30 heavy (non-hydrogen) atoms. The number of rotatable bonds is 3. The van der Waals surface area contributed by atoms with Gasteiger partial charge in [-0.3, -0.25) is 9.89 Å². The van der Waals surface area contributed by atoms with Crippen LogP contribution in [0.5, 0.6) is 0 Å². The zero-order chi connectivity index (χ0) is 21.7. The summed E-state index contributed by atoms with van der Waals surface area (Å²) in [5, 5.41) is 7.30. The number of aromatic nitrogens is 2. The Kier molecular flexibility index (Phi) is 5.19. The Morgan fingerprint density at radius 2 is 1.47 bits per heavy atom. The van der Waals surface area contributed by atoms with Gasteiger partial charge in [0.2, 0.25) is 0 Å². The van der Waals surface area contributed by atoms with E-state index in [4.69, 9.17) is 0 Å². The Morgan fingerprint density at radius 1 is 0.900 bits per heavy atom. The number of hydrogen-bond donors (Lipinski definition) is 1. The molecule has 2 aromatic rings. The summed E-state index contributed by atoms with van der Waals surface area (Å²) in [6.45, 7) is 16.8. The van der Waals surface area contributed by atoms with Crippen molar-refractivity contribution < 1.29 is 4.79 Å². The van der Waals surface area contributed by atoms with E-state index in [-0.39, 0.29) is 16.7 Å². The summed E-state index contributed by atoms with van der Waals surface area (Å²) >= 11 is 0. The van der Waals surface area contributed by atoms with Crippen LogP contribution in [0.15, 0.2) is 24.3 Å². The molecule has 5 heteroatoms. The third-order valence-corrected chi connectivity index (χ3v) is 6.41. The Balaban J connectivity index is 1.48. The molecular formula is C25H36N4O. The molecule has 0 bridgehead atoms. The second-order valence-electron chi connectivity index (χ2n) is 11.0. The van der Waals surface area contributed by atoms with Crippen molar-refractivity contribution in [2.75, 3.05) is 31.1 Å². The molecule has 4 rings (SSSR count). The van der Waals surface area contributed by atoms with Crippen molar-refractivity contribution in [1.82, 2.24) is 15.1 Å². The second kappa shape index (κ2) is 7.44. The highest BCUT2D eigenvalue weighted by Gasteiger charge is 2.29. The molecule has 1 aliphatic carbocycles. The molecular weight excluding hydrogens is 372 g/mol. The SMILES string of the molecule is CC(C)(C)c1cc(N2CCN(C(=O)c3cc(C4CC4)n[nH]3)CC2)cc(C(C)(C)C)c1. The standard InChI is InChI=1S/C25H36N4O/c1-24(2,3)18-13-19(25(4,5)6)15-20(14-18)28-9-11-29(12-10-28)23(30)22-16-21(26-27-22)17-7-8-17/h13-17H,7-12H2,1-6H3,(H,26,27). The molecule has 2 fully saturated rings. The summed E-state index contributed by atoms with van der Waals surface area (Å²) in [5.41, 5.74) is 5.90. The van der Waals surface area contributed by atoms with Crippen LogP contribution >= 0.6 is 0 Å². The van der Waals surface area contributed by atoms with Gasteiger partial charge in [-0.2, -0.15) is 5.10 Å². The first-order chi connectivity index (χ1) is 14.0. The first-order valence-electron chi connectivity index (χ1n) is 11.3. The van der Waals surface area contributed by atoms with Crippen LogP contribution in [0.4, 0.5) is 5.69 Å². The first-order valence-corrected chi connectivity index (χ1v) is 11.3. The number of carbonyl (C=O) groups is 1. The van der Waals surface area contributed by atoms with Gasteiger partial charge in [-0.25, -0.2) is 0 Å². The van der Waals surface area contributed by atoms with Crippen molar-refractivity contribution in [3.05, 3.63) is 46.8 Å². The van der Waals surface area contributed by atoms with Gasteiger partial charge in [-0.05, 0) is 53.0 Å². The van der Waals surface area contributed by atoms with E-state index in [2.05, 4.69) is 74.8 Å². The molecule has 1 aliphatic heterocycles. The van der Waals surface area contributed by atoms with Crippen molar-refractivity contribution in [1.29, 1.82) is 0 Å². The van der Waals surface area contributed by atoms with Crippen molar-refractivity contribution in [3.8, 4) is 0 Å². The molecule has 0 spiro atoms. The van der Waals surface area contributed by atoms with Crippen LogP contribution in [0.3, 0.4) is 0 Å². The van der Waals surface area contributed by atoms with Crippen molar-refractivity contribution in [3.63, 3.8) is 0 Å². The number of aromatic amines is 1. The topological polar surface area (TPSA) is 52.2 Å². The van der Waals surface area contributed by atoms with Gasteiger partial charge < -0.3 is 9.80 Å². The number of nitrogens with zero attached hydrogens (tertiary/aromatic N) is 3. The van der Waals surface area contributed by atoms with E-state index in [1.807, 2.05) is 11.0 Å². The lowest BCUT2D eigenvalue weighted by molar-refractivity contribution is 0.0741. The van der Waals surface area contributed by atoms with Crippen LogP contribution in [-0.4, -0.2) is 47.2 Å². The maximum Gasteiger partial charge on any atom is 0.271 e. The summed E-state index contributed by atoms with van der Waals surface area (Å²) < 4.78 is 0. The van der Waals surface area contributed by atoms with Crippen molar-refractivity contribution in [2.45, 2.75) is 71.1 Å². The Bertz CT molecular complexity index is 887. The van der Waals surface area contributed by atoms with E-state index in [9.17, 15) is 4.79 Å². The van der Waals surface area contributed by atoms with Crippen LogP contribution in [0.25, 0.3) is 0 Å². The number of piperazine rings is 1. The van der Waals surface area contributed by atoms with Crippen molar-refractivity contribution in [2.24, 2.45) is 0 Å². The van der Waals surface area contributed by atoms with Gasteiger partial charge >= 0.3 is 0 Å². The minimum atomic E-state index is 0.0767. The molecule has 1 amide bonds. The van der Waals surface area contributed by atoms with E-state index in [0.717, 1.165) is 31.9 Å². The number of carbonyl (C=O) groups excluding carboxylic acids is 1. The molecule has 1 N–H and O–H groups in total. The number of hydrogen-bond acceptors (Lipinski definition) is 3. The summed E-state index contributed by atoms with van der Waals surface area (Å²) in [7, 11) is 0. The maximum atomic E-state index is 12.9. The molecule has 1 aromatic heterocycles. The van der Waals surface area contributed by atoms with E-state index < -0.39 is 0 Å². The highest BCUT2D eigenvalue weighted by molar-refractivity contribution is 5.92. The first kappa shape index (κ1) is 21.0. The molecule has 0 atom stereocenters. The van der Waals surface area contributed by atoms with Crippen LogP contribution in [0.1, 0.15) is 87.6 Å². The molecule has 1 saturated heterocycles. The highest BCUT2D eigenvalue weighted by atomic mass is 16.2. The Hall–Kier alpha value is -2.30. The van der Waals surface area contributed by atoms with Crippen LogP contribution in [0.2, 0.25) is 0 Å². The molecule has 162 valence electrons. The third kappa shape index (κ3) is 4.40. The molecule has 0 unspecified atom stereocenters. The molecule has 2 aliphatic rings. The molecule has 2 heterocycles. The molecule has 0 radical (unpaired) electrons. The van der Waals surface area contributed by atoms with E-state index in [0.29, 0.717) is 11.6 Å². The van der Waals surface area contributed by atoms with Crippen LogP contribution in [0, 0.1) is 0 Å². The lowest BCUT2D eigenvalue weighted by Gasteiger charge is -2.37. The van der Waals surface area contributed by atoms with Gasteiger partial charge in [0.05, 0.1) is 5.69 Å². The normalized spacial score (nSPS) is 18.1. The smallest absolute Gasteiger partial charge is 0.271 e. The third-order valence-electron chi connectivity index (χ3n) is 6.41. The monoisotopic (exact) mass is 408 g/mol. The largest absolute Gasteiger partial charge is 0.368 e. The fourth-order valence-electron chi connectivity index (χ4n) is 4.03. The summed E-state index contributed by atoms with van der Waals surface area (Å²) in [4.78, 5) is 17.3. The Labute approximate surface area is 180 Å². The van der Waals surface area contributed by atoms with Gasteiger partial charge in [0.25, 0.3) is 5.91 Å². The lowest BCUT2D eigenvalue weighted by atomic mass is 9.80. The van der Waals surface area contributed by atoms with Gasteiger partial charge in [-0.1, -0.05) is 47.6 Å². The molecule has 1 saturated carbocycles. The quantitative estimate of drug-likeness (QED) is 0.790. The minimum Gasteiger partial charge on any atom is -0.368 e. The van der Waals surface area contributed by atoms with Gasteiger partial charge in [0.1, 0.15) is 5.69 Å². The maximum absolute atomic E-state index is 12.9. The van der Waals surface area contributed by atoms with Crippen molar-refractivity contribution >= 4 is 11.6 Å². The zero-order valence-electron chi connectivity index (χ0n) is 19.4. The van der Waals surface area contributed by atoms with E-state index in [1.54, 1.807) is 0 Å². The molecule has 1 aromatic carbocycles. The van der Waals surface area contributed by atoms with E-state index in [1.165, 1.54) is 29.7 Å². The number of nitrogens with one attached hydrogen (secondary N) is 1. The highest BCUT2D eigenvalue weighted by Crippen LogP contribution is 2.39. The number of H-pyrrole nitrogens is 1. The van der Waals surface area contributed by atoms with Gasteiger partial charge in [0.15, 0.2) is 0 Å². The minimum absolute atomic E-state index is 0.0767.